The molecule has 0 heterocycles. The zero-order valence-corrected chi connectivity index (χ0v) is 12.5. The van der Waals surface area contributed by atoms with Gasteiger partial charge < -0.3 is 9.80 Å². The summed E-state index contributed by atoms with van der Waals surface area (Å²) in [6.45, 7) is 4.42. The van der Waals surface area contributed by atoms with Gasteiger partial charge in [0.25, 0.3) is 0 Å². The molecule has 0 rings (SSSR count). The van der Waals surface area contributed by atoms with Gasteiger partial charge in [0.05, 0.1) is 24.3 Å². The van der Waals surface area contributed by atoms with Crippen molar-refractivity contribution in [3.8, 4) is 24.3 Å². The number of unbranched alkanes of at least 4 members (excludes halogenated alkanes) is 1. The summed E-state index contributed by atoms with van der Waals surface area (Å²) >= 11 is 0. The summed E-state index contributed by atoms with van der Waals surface area (Å²) in [6.07, 6.45) is 2.72. The number of hydrogen-bond acceptors (Lipinski definition) is 6. The normalized spacial score (nSPS) is 9.81. The van der Waals surface area contributed by atoms with Gasteiger partial charge in [-0.05, 0) is 13.0 Å². The molecule has 21 heavy (non-hydrogen) atoms. The van der Waals surface area contributed by atoms with Crippen molar-refractivity contribution in [3.63, 3.8) is 0 Å². The monoisotopic (exact) mass is 286 g/mol. The molecule has 0 amide bonds. The maximum atomic E-state index is 8.68. The molecule has 0 aromatic rings. The molecular weight excluding hydrogens is 264 g/mol. The van der Waals surface area contributed by atoms with E-state index >= 15 is 0 Å². The van der Waals surface area contributed by atoms with Crippen molar-refractivity contribution >= 4 is 0 Å². The fourth-order valence-electron chi connectivity index (χ4n) is 1.96. The molecule has 0 aromatic carbocycles. The Morgan fingerprint density at radius 1 is 0.476 bits per heavy atom. The summed E-state index contributed by atoms with van der Waals surface area (Å²) in [5, 5.41) is 34.6. The second-order valence-electron chi connectivity index (χ2n) is 4.67. The lowest BCUT2D eigenvalue weighted by Crippen LogP contribution is -2.37. The number of rotatable bonds is 12. The van der Waals surface area contributed by atoms with Crippen LogP contribution in [-0.2, 0) is 0 Å². The van der Waals surface area contributed by atoms with Crippen molar-refractivity contribution < 1.29 is 0 Å². The average Bonchev–Trinajstić information content (AvgIpc) is 2.51. The molecule has 0 fully saturated rings. The maximum Gasteiger partial charge on any atom is 0.0635 e. The summed E-state index contributed by atoms with van der Waals surface area (Å²) in [5.41, 5.74) is 0. The summed E-state index contributed by atoms with van der Waals surface area (Å²) in [7, 11) is 0. The van der Waals surface area contributed by atoms with Gasteiger partial charge in [-0.25, -0.2) is 0 Å². The second kappa shape index (κ2) is 14.3. The number of hydrogen-bond donors (Lipinski definition) is 0. The van der Waals surface area contributed by atoms with Crippen molar-refractivity contribution in [1.82, 2.24) is 9.80 Å². The largest absolute Gasteiger partial charge is 0.301 e. The highest BCUT2D eigenvalue weighted by molar-refractivity contribution is 4.78. The van der Waals surface area contributed by atoms with E-state index in [1.165, 1.54) is 0 Å². The summed E-state index contributed by atoms with van der Waals surface area (Å²) < 4.78 is 0. The quantitative estimate of drug-likeness (QED) is 0.505. The maximum absolute atomic E-state index is 8.68. The van der Waals surface area contributed by atoms with Gasteiger partial charge in [0.2, 0.25) is 0 Å². The standard InChI is InChI=1S/C15H22N6/c16-6-1-2-10-20(11-3-7-17)14-15-21(12-4-8-18)13-5-9-19/h1-5,10-15H2. The molecular formula is C15H22N6. The Morgan fingerprint density at radius 2 is 0.857 bits per heavy atom. The van der Waals surface area contributed by atoms with Crippen LogP contribution in [0.2, 0.25) is 0 Å². The first-order valence-electron chi connectivity index (χ1n) is 7.21. The minimum atomic E-state index is 0.456. The first-order valence-corrected chi connectivity index (χ1v) is 7.21. The summed E-state index contributed by atoms with van der Waals surface area (Å²) in [6, 6.07) is 8.51. The molecule has 0 atom stereocenters. The molecule has 0 spiro atoms. The van der Waals surface area contributed by atoms with E-state index in [0.717, 1.165) is 26.1 Å². The molecule has 0 bridgehead atoms. The third-order valence-corrected chi connectivity index (χ3v) is 3.11. The third kappa shape index (κ3) is 11.4. The van der Waals surface area contributed by atoms with E-state index in [2.05, 4.69) is 34.1 Å². The second-order valence-corrected chi connectivity index (χ2v) is 4.67. The Kier molecular flexibility index (Phi) is 12.8. The smallest absolute Gasteiger partial charge is 0.0635 e. The SMILES string of the molecule is N#CCCCN(CCC#N)CCN(CCC#N)CCC#N. The van der Waals surface area contributed by atoms with E-state index in [1.54, 1.807) is 0 Å². The van der Waals surface area contributed by atoms with E-state index in [-0.39, 0.29) is 0 Å². The van der Waals surface area contributed by atoms with Gasteiger partial charge in [0.15, 0.2) is 0 Å². The highest BCUT2D eigenvalue weighted by Gasteiger charge is 2.09. The molecule has 0 aromatic heterocycles. The minimum absolute atomic E-state index is 0.456. The van der Waals surface area contributed by atoms with Crippen LogP contribution in [0.15, 0.2) is 0 Å². The van der Waals surface area contributed by atoms with E-state index in [9.17, 15) is 0 Å². The fraction of sp³-hybridized carbons (Fsp3) is 0.733. The molecule has 0 radical (unpaired) electrons. The molecule has 112 valence electrons. The van der Waals surface area contributed by atoms with Crippen molar-refractivity contribution in [2.24, 2.45) is 0 Å². The van der Waals surface area contributed by atoms with E-state index in [1.807, 2.05) is 0 Å². The predicted octanol–water partition coefficient (Wildman–Crippen LogP) is 1.64. The van der Waals surface area contributed by atoms with E-state index < -0.39 is 0 Å². The Labute approximate surface area is 127 Å². The molecule has 0 unspecified atom stereocenters. The summed E-state index contributed by atoms with van der Waals surface area (Å²) in [4.78, 5) is 4.28. The van der Waals surface area contributed by atoms with Crippen LogP contribution in [0.4, 0.5) is 0 Å². The minimum Gasteiger partial charge on any atom is -0.301 e. The first-order chi connectivity index (χ1) is 10.3. The highest BCUT2D eigenvalue weighted by Crippen LogP contribution is 2.00. The van der Waals surface area contributed by atoms with Crippen LogP contribution in [0.25, 0.3) is 0 Å². The van der Waals surface area contributed by atoms with Crippen molar-refractivity contribution in [1.29, 1.82) is 21.0 Å². The Hall–Kier alpha value is -2.12. The van der Waals surface area contributed by atoms with Crippen molar-refractivity contribution in [2.75, 3.05) is 39.3 Å². The molecule has 6 nitrogen and oxygen atoms in total. The zero-order valence-electron chi connectivity index (χ0n) is 12.5. The van der Waals surface area contributed by atoms with Crippen LogP contribution >= 0.6 is 0 Å². The summed E-state index contributed by atoms with van der Waals surface area (Å²) in [5.74, 6) is 0. The Balaban J connectivity index is 4.23. The molecule has 0 aliphatic heterocycles. The van der Waals surface area contributed by atoms with Crippen LogP contribution in [0.1, 0.15) is 32.1 Å². The molecule has 0 N–H and O–H groups in total. The topological polar surface area (TPSA) is 102 Å². The Bertz CT molecular complexity index is 401. The average molecular weight is 286 g/mol. The molecule has 0 saturated heterocycles. The van der Waals surface area contributed by atoms with Gasteiger partial charge in [-0.3, -0.25) is 0 Å². The first kappa shape index (κ1) is 18.9. The van der Waals surface area contributed by atoms with Crippen LogP contribution in [0.3, 0.4) is 0 Å². The lowest BCUT2D eigenvalue weighted by molar-refractivity contribution is 0.209. The molecule has 6 heteroatoms. The van der Waals surface area contributed by atoms with E-state index in [0.29, 0.717) is 45.3 Å². The predicted molar refractivity (Wildman–Crippen MR) is 78.4 cm³/mol. The van der Waals surface area contributed by atoms with Crippen LogP contribution in [-0.4, -0.2) is 49.1 Å². The number of nitriles is 4. The van der Waals surface area contributed by atoms with Crippen molar-refractivity contribution in [2.45, 2.75) is 32.1 Å². The van der Waals surface area contributed by atoms with Crippen molar-refractivity contribution in [3.05, 3.63) is 0 Å². The zero-order chi connectivity index (χ0) is 15.8. The van der Waals surface area contributed by atoms with Gasteiger partial charge in [-0.2, -0.15) is 21.0 Å². The fourth-order valence-corrected chi connectivity index (χ4v) is 1.96. The van der Waals surface area contributed by atoms with Gasteiger partial charge >= 0.3 is 0 Å². The van der Waals surface area contributed by atoms with E-state index in [4.69, 9.17) is 21.0 Å². The third-order valence-electron chi connectivity index (χ3n) is 3.11. The lowest BCUT2D eigenvalue weighted by atomic mass is 10.2. The molecule has 0 aliphatic carbocycles. The van der Waals surface area contributed by atoms with Crippen LogP contribution in [0, 0.1) is 45.3 Å². The van der Waals surface area contributed by atoms with Gasteiger partial charge in [-0.15, -0.1) is 0 Å². The lowest BCUT2D eigenvalue weighted by Gasteiger charge is -2.26. The molecule has 0 saturated carbocycles. The Morgan fingerprint density at radius 3 is 1.24 bits per heavy atom. The van der Waals surface area contributed by atoms with Crippen LogP contribution < -0.4 is 0 Å². The highest BCUT2D eigenvalue weighted by atomic mass is 15.2. The molecule has 0 aliphatic rings. The van der Waals surface area contributed by atoms with Crippen LogP contribution in [0.5, 0.6) is 0 Å². The van der Waals surface area contributed by atoms with Gasteiger partial charge in [-0.1, -0.05) is 0 Å². The van der Waals surface area contributed by atoms with Gasteiger partial charge in [0, 0.05) is 58.4 Å². The number of nitrogens with zero attached hydrogens (tertiary/aromatic N) is 6. The van der Waals surface area contributed by atoms with Gasteiger partial charge in [0.1, 0.15) is 0 Å².